The van der Waals surface area contributed by atoms with E-state index >= 15 is 0 Å². The zero-order valence-electron chi connectivity index (χ0n) is 17.3. The monoisotopic (exact) mass is 470 g/mol. The van der Waals surface area contributed by atoms with Crippen LogP contribution < -0.4 is 5.56 Å². The van der Waals surface area contributed by atoms with E-state index in [4.69, 9.17) is 9.72 Å². The molecule has 0 saturated heterocycles. The Morgan fingerprint density at radius 3 is 2.55 bits per heavy atom. The molecule has 6 rings (SSSR count). The summed E-state index contributed by atoms with van der Waals surface area (Å²) in [6, 6.07) is 0. The lowest BCUT2D eigenvalue weighted by molar-refractivity contribution is 0.189. The molecular formula is C22H22N4O2S3. The van der Waals surface area contributed by atoms with E-state index in [1.54, 1.807) is 36.1 Å². The van der Waals surface area contributed by atoms with E-state index in [0.29, 0.717) is 13.2 Å². The molecule has 0 amide bonds. The molecule has 0 saturated carbocycles. The third-order valence-electron chi connectivity index (χ3n) is 6.17. The van der Waals surface area contributed by atoms with Crippen LogP contribution in [0.5, 0.6) is 0 Å². The van der Waals surface area contributed by atoms with Gasteiger partial charge in [0.1, 0.15) is 21.0 Å². The topological polar surface area (TPSA) is 69.9 Å². The molecule has 0 spiro atoms. The Kier molecular flexibility index (Phi) is 5.09. The maximum atomic E-state index is 13.6. The minimum absolute atomic E-state index is 0.0869. The van der Waals surface area contributed by atoms with Gasteiger partial charge in [-0.25, -0.2) is 15.0 Å². The third-order valence-corrected chi connectivity index (χ3v) is 9.56. The van der Waals surface area contributed by atoms with Crippen molar-refractivity contribution in [3.63, 3.8) is 0 Å². The highest BCUT2D eigenvalue weighted by Gasteiger charge is 2.25. The van der Waals surface area contributed by atoms with Gasteiger partial charge in [-0.15, -0.1) is 22.7 Å². The first-order chi connectivity index (χ1) is 15.2. The van der Waals surface area contributed by atoms with Crippen LogP contribution in [0.25, 0.3) is 20.4 Å². The molecule has 2 aliphatic carbocycles. The average molecular weight is 471 g/mol. The fraction of sp³-hybridized carbons (Fsp3) is 0.455. The van der Waals surface area contributed by atoms with Gasteiger partial charge in [0.15, 0.2) is 5.16 Å². The van der Waals surface area contributed by atoms with Gasteiger partial charge >= 0.3 is 0 Å². The molecule has 0 atom stereocenters. The normalized spacial score (nSPS) is 15.3. The van der Waals surface area contributed by atoms with Crippen LogP contribution in [-0.4, -0.2) is 33.2 Å². The lowest BCUT2D eigenvalue weighted by Gasteiger charge is -2.12. The maximum Gasteiger partial charge on any atom is 0.263 e. The van der Waals surface area contributed by atoms with E-state index in [1.807, 2.05) is 4.57 Å². The van der Waals surface area contributed by atoms with Crippen molar-refractivity contribution >= 4 is 54.9 Å². The molecule has 6 nitrogen and oxygen atoms in total. The van der Waals surface area contributed by atoms with Crippen molar-refractivity contribution in [2.45, 2.75) is 61.7 Å². The van der Waals surface area contributed by atoms with Gasteiger partial charge in [-0.05, 0) is 67.8 Å². The van der Waals surface area contributed by atoms with E-state index in [2.05, 4.69) is 9.97 Å². The summed E-state index contributed by atoms with van der Waals surface area (Å²) in [4.78, 5) is 32.5. The van der Waals surface area contributed by atoms with Crippen LogP contribution in [0.4, 0.5) is 0 Å². The largest absolute Gasteiger partial charge is 0.385 e. The van der Waals surface area contributed by atoms with E-state index < -0.39 is 0 Å². The van der Waals surface area contributed by atoms with E-state index in [9.17, 15) is 4.79 Å². The van der Waals surface area contributed by atoms with Gasteiger partial charge < -0.3 is 4.74 Å². The number of thiophene rings is 2. The van der Waals surface area contributed by atoms with Gasteiger partial charge in [-0.1, -0.05) is 0 Å². The second-order valence-corrected chi connectivity index (χ2v) is 11.2. The van der Waals surface area contributed by atoms with Crippen LogP contribution in [0, 0.1) is 0 Å². The lowest BCUT2D eigenvalue weighted by Crippen LogP contribution is -2.24. The number of hydrogen-bond donors (Lipinski definition) is 0. The smallest absolute Gasteiger partial charge is 0.263 e. The standard InChI is InChI=1S/C22H22N4O2S3/c1-28-10-4-9-26-21(27)17-13-6-3-8-15(13)30-20(17)25-22(26)31-19-16-12-5-2-7-14(12)29-18(16)23-11-24-19/h11H,2-10H2,1H3. The molecule has 9 heteroatoms. The molecule has 4 heterocycles. The quantitative estimate of drug-likeness (QED) is 0.233. The molecule has 160 valence electrons. The van der Waals surface area contributed by atoms with E-state index in [0.717, 1.165) is 69.1 Å². The summed E-state index contributed by atoms with van der Waals surface area (Å²) >= 11 is 5.00. The molecule has 2 aliphatic rings. The lowest BCUT2D eigenvalue weighted by atomic mass is 10.2. The molecule has 4 aromatic rings. The minimum atomic E-state index is 0.0869. The van der Waals surface area contributed by atoms with Crippen molar-refractivity contribution in [2.75, 3.05) is 13.7 Å². The zero-order chi connectivity index (χ0) is 20.9. The number of hydrogen-bond acceptors (Lipinski definition) is 8. The third kappa shape index (κ3) is 3.25. The van der Waals surface area contributed by atoms with Crippen LogP contribution in [0.15, 0.2) is 21.3 Å². The molecule has 0 bridgehead atoms. The molecule has 0 unspecified atom stereocenters. The number of aryl methyl sites for hydroxylation is 4. The maximum absolute atomic E-state index is 13.6. The van der Waals surface area contributed by atoms with Crippen LogP contribution >= 0.6 is 34.4 Å². The van der Waals surface area contributed by atoms with E-state index in [1.165, 1.54) is 39.1 Å². The van der Waals surface area contributed by atoms with Crippen molar-refractivity contribution in [3.05, 3.63) is 37.6 Å². The highest BCUT2D eigenvalue weighted by molar-refractivity contribution is 7.99. The number of nitrogens with zero attached hydrogens (tertiary/aromatic N) is 4. The highest BCUT2D eigenvalue weighted by atomic mass is 32.2. The summed E-state index contributed by atoms with van der Waals surface area (Å²) in [5.74, 6) is 0. The molecule has 0 N–H and O–H groups in total. The SMILES string of the molecule is COCCCn1c(Sc2ncnc3sc4c(c23)CCC4)nc2sc3c(c2c1=O)CCC3. The molecule has 31 heavy (non-hydrogen) atoms. The summed E-state index contributed by atoms with van der Waals surface area (Å²) in [5.41, 5.74) is 2.71. The van der Waals surface area contributed by atoms with Crippen molar-refractivity contribution in [1.82, 2.24) is 19.5 Å². The Labute approximate surface area is 191 Å². The predicted molar refractivity (Wildman–Crippen MR) is 126 cm³/mol. The molecule has 0 aromatic carbocycles. The molecule has 0 radical (unpaired) electrons. The second-order valence-electron chi connectivity index (χ2n) is 8.05. The Bertz CT molecular complexity index is 1370. The summed E-state index contributed by atoms with van der Waals surface area (Å²) in [7, 11) is 1.69. The van der Waals surface area contributed by atoms with Gasteiger partial charge in [0.2, 0.25) is 0 Å². The summed E-state index contributed by atoms with van der Waals surface area (Å²) in [6.45, 7) is 1.21. The molecule has 0 aliphatic heterocycles. The number of aromatic nitrogens is 4. The van der Waals surface area contributed by atoms with Crippen LogP contribution in [0.2, 0.25) is 0 Å². The van der Waals surface area contributed by atoms with Gasteiger partial charge in [0.05, 0.1) is 5.39 Å². The Balaban J connectivity index is 1.50. The highest BCUT2D eigenvalue weighted by Crippen LogP contribution is 2.42. The first-order valence-electron chi connectivity index (χ1n) is 10.7. The van der Waals surface area contributed by atoms with Crippen molar-refractivity contribution in [2.24, 2.45) is 0 Å². The molecule has 4 aromatic heterocycles. The summed E-state index contributed by atoms with van der Waals surface area (Å²) in [5, 5.41) is 3.65. The number of fused-ring (bicyclic) bond motifs is 6. The fourth-order valence-corrected chi connectivity index (χ4v) is 8.38. The number of rotatable bonds is 6. The number of ether oxygens (including phenoxy) is 1. The summed E-state index contributed by atoms with van der Waals surface area (Å²) < 4.78 is 7.09. The van der Waals surface area contributed by atoms with Gasteiger partial charge in [-0.3, -0.25) is 9.36 Å². The van der Waals surface area contributed by atoms with Gasteiger partial charge in [-0.2, -0.15) is 0 Å². The molecule has 0 fully saturated rings. The first kappa shape index (κ1) is 19.8. The van der Waals surface area contributed by atoms with Crippen molar-refractivity contribution in [3.8, 4) is 0 Å². The minimum Gasteiger partial charge on any atom is -0.385 e. The molecular weight excluding hydrogens is 448 g/mol. The van der Waals surface area contributed by atoms with Crippen LogP contribution in [-0.2, 0) is 37.0 Å². The number of methoxy groups -OCH3 is 1. The first-order valence-corrected chi connectivity index (χ1v) is 13.2. The van der Waals surface area contributed by atoms with Crippen LogP contribution in [0.3, 0.4) is 0 Å². The Hall–Kier alpha value is -1.81. The van der Waals surface area contributed by atoms with Gasteiger partial charge in [0.25, 0.3) is 5.56 Å². The summed E-state index contributed by atoms with van der Waals surface area (Å²) in [6.07, 6.45) is 9.02. The second kappa shape index (κ2) is 7.95. The van der Waals surface area contributed by atoms with Crippen molar-refractivity contribution in [1.29, 1.82) is 0 Å². The van der Waals surface area contributed by atoms with E-state index in [-0.39, 0.29) is 5.56 Å². The Morgan fingerprint density at radius 2 is 1.77 bits per heavy atom. The fourth-order valence-electron chi connectivity index (χ4n) is 4.76. The average Bonchev–Trinajstić information content (AvgIpc) is 3.50. The Morgan fingerprint density at radius 1 is 1.03 bits per heavy atom. The predicted octanol–water partition coefficient (Wildman–Crippen LogP) is 4.63. The van der Waals surface area contributed by atoms with Crippen LogP contribution in [0.1, 0.15) is 40.1 Å². The van der Waals surface area contributed by atoms with Crippen molar-refractivity contribution < 1.29 is 4.74 Å². The van der Waals surface area contributed by atoms with Gasteiger partial charge in [0, 0.05) is 35.4 Å². The zero-order valence-corrected chi connectivity index (χ0v) is 19.7.